The summed E-state index contributed by atoms with van der Waals surface area (Å²) < 4.78 is 0. The standard InChI is InChI=1S/C32H45NO5/c1-10-31(11-2,25-15-17-27(21(6)19-25)29(35)33(9)23(8)30(36)37)24-14-16-26(20(5)18-24)28(34)22(7)32(38,12-3)13-4/h14-19,22-23,38H,10-13H2,1-9H3,(H,36,37). The van der Waals surface area contributed by atoms with Crippen molar-refractivity contribution in [3.63, 3.8) is 0 Å². The lowest BCUT2D eigenvalue weighted by molar-refractivity contribution is -0.141. The molecule has 0 saturated heterocycles. The van der Waals surface area contributed by atoms with Gasteiger partial charge in [-0.15, -0.1) is 0 Å². The number of aliphatic hydroxyl groups is 1. The van der Waals surface area contributed by atoms with E-state index in [2.05, 4.69) is 19.9 Å². The molecule has 0 radical (unpaired) electrons. The highest BCUT2D eigenvalue weighted by Crippen LogP contribution is 2.41. The molecule has 2 unspecified atom stereocenters. The van der Waals surface area contributed by atoms with E-state index >= 15 is 0 Å². The van der Waals surface area contributed by atoms with Gasteiger partial charge in [0.25, 0.3) is 5.91 Å². The van der Waals surface area contributed by atoms with Gasteiger partial charge in [-0.25, -0.2) is 4.79 Å². The van der Waals surface area contributed by atoms with Crippen molar-refractivity contribution < 1.29 is 24.6 Å². The van der Waals surface area contributed by atoms with Gasteiger partial charge in [-0.1, -0.05) is 65.0 Å². The van der Waals surface area contributed by atoms with Crippen LogP contribution in [0.3, 0.4) is 0 Å². The van der Waals surface area contributed by atoms with Crippen molar-refractivity contribution in [3.8, 4) is 0 Å². The van der Waals surface area contributed by atoms with E-state index in [1.54, 1.807) is 6.07 Å². The second-order valence-corrected chi connectivity index (χ2v) is 10.7. The Labute approximate surface area is 228 Å². The Bertz CT molecular complexity index is 1180. The summed E-state index contributed by atoms with van der Waals surface area (Å²) >= 11 is 0. The molecule has 0 bridgehead atoms. The van der Waals surface area contributed by atoms with Crippen molar-refractivity contribution in [1.29, 1.82) is 0 Å². The van der Waals surface area contributed by atoms with Gasteiger partial charge in [0.1, 0.15) is 6.04 Å². The smallest absolute Gasteiger partial charge is 0.326 e. The number of amides is 1. The highest BCUT2D eigenvalue weighted by molar-refractivity contribution is 6.00. The van der Waals surface area contributed by atoms with Crippen LogP contribution in [0.1, 0.15) is 110 Å². The van der Waals surface area contributed by atoms with E-state index in [1.807, 2.05) is 58.9 Å². The molecule has 6 nitrogen and oxygen atoms in total. The lowest BCUT2D eigenvalue weighted by Crippen LogP contribution is -2.40. The maximum absolute atomic E-state index is 13.4. The fraction of sp³-hybridized carbons (Fsp3) is 0.531. The van der Waals surface area contributed by atoms with Crippen LogP contribution in [0, 0.1) is 19.8 Å². The number of aliphatic carboxylic acids is 1. The van der Waals surface area contributed by atoms with Crippen LogP contribution in [0.15, 0.2) is 36.4 Å². The van der Waals surface area contributed by atoms with Crippen LogP contribution in [-0.2, 0) is 10.2 Å². The molecule has 0 heterocycles. The molecule has 2 atom stereocenters. The molecule has 0 spiro atoms. The number of nitrogens with zero attached hydrogens (tertiary/aromatic N) is 1. The number of Topliss-reactive ketones (excluding diaryl/α,β-unsaturated/α-hetero) is 1. The quantitative estimate of drug-likeness (QED) is 0.317. The molecule has 2 rings (SSSR count). The van der Waals surface area contributed by atoms with Crippen LogP contribution < -0.4 is 0 Å². The molecule has 2 N–H and O–H groups in total. The van der Waals surface area contributed by atoms with Gasteiger partial charge >= 0.3 is 5.97 Å². The van der Waals surface area contributed by atoms with Crippen LogP contribution in [0.25, 0.3) is 0 Å². The largest absolute Gasteiger partial charge is 0.480 e. The Kier molecular flexibility index (Phi) is 10.1. The van der Waals surface area contributed by atoms with E-state index in [1.165, 1.54) is 18.9 Å². The van der Waals surface area contributed by atoms with Crippen LogP contribution >= 0.6 is 0 Å². The van der Waals surface area contributed by atoms with Crippen molar-refractivity contribution in [2.45, 2.75) is 98.1 Å². The summed E-state index contributed by atoms with van der Waals surface area (Å²) in [6.45, 7) is 15.2. The Morgan fingerprint density at radius 3 is 1.63 bits per heavy atom. The first kappa shape index (κ1) is 31.2. The van der Waals surface area contributed by atoms with Gasteiger partial charge < -0.3 is 15.1 Å². The zero-order valence-electron chi connectivity index (χ0n) is 24.5. The minimum absolute atomic E-state index is 0.0442. The van der Waals surface area contributed by atoms with Crippen molar-refractivity contribution in [2.75, 3.05) is 7.05 Å². The third kappa shape index (κ3) is 5.70. The summed E-state index contributed by atoms with van der Waals surface area (Å²) in [4.78, 5) is 39.0. The Hall–Kier alpha value is -2.99. The fourth-order valence-corrected chi connectivity index (χ4v) is 5.54. The third-order valence-corrected chi connectivity index (χ3v) is 8.94. The minimum Gasteiger partial charge on any atom is -0.480 e. The van der Waals surface area contributed by atoms with Gasteiger partial charge in [-0.05, 0) is 74.8 Å². The van der Waals surface area contributed by atoms with Crippen LogP contribution in [0.4, 0.5) is 0 Å². The van der Waals surface area contributed by atoms with Crippen LogP contribution in [0.5, 0.6) is 0 Å². The highest BCUT2D eigenvalue weighted by Gasteiger charge is 2.37. The monoisotopic (exact) mass is 523 g/mol. The molecule has 1 amide bonds. The lowest BCUT2D eigenvalue weighted by Gasteiger charge is -2.35. The molecule has 0 aliphatic carbocycles. The molecule has 38 heavy (non-hydrogen) atoms. The summed E-state index contributed by atoms with van der Waals surface area (Å²) in [7, 11) is 1.51. The summed E-state index contributed by atoms with van der Waals surface area (Å²) in [6.07, 6.45) is 2.68. The van der Waals surface area contributed by atoms with Crippen molar-refractivity contribution in [2.24, 2.45) is 5.92 Å². The van der Waals surface area contributed by atoms with Gasteiger partial charge in [0, 0.05) is 29.5 Å². The van der Waals surface area contributed by atoms with Crippen molar-refractivity contribution in [3.05, 3.63) is 69.8 Å². The average molecular weight is 524 g/mol. The van der Waals surface area contributed by atoms with E-state index in [9.17, 15) is 24.6 Å². The number of carbonyl (C=O) groups excluding carboxylic acids is 2. The predicted octanol–water partition coefficient (Wildman–Crippen LogP) is 6.32. The predicted molar refractivity (Wildman–Crippen MR) is 152 cm³/mol. The van der Waals surface area contributed by atoms with Crippen molar-refractivity contribution >= 4 is 17.7 Å². The number of carboxylic acid groups (broad SMARTS) is 1. The number of aryl methyl sites for hydroxylation is 2. The summed E-state index contributed by atoms with van der Waals surface area (Å²) in [5.41, 5.74) is 3.62. The van der Waals surface area contributed by atoms with E-state index in [0.29, 0.717) is 24.0 Å². The first-order chi connectivity index (χ1) is 17.7. The Morgan fingerprint density at radius 1 is 0.816 bits per heavy atom. The molecule has 0 fully saturated rings. The van der Waals surface area contributed by atoms with Crippen LogP contribution in [-0.4, -0.2) is 51.5 Å². The maximum atomic E-state index is 13.4. The molecule has 208 valence electrons. The molecular weight excluding hydrogens is 478 g/mol. The first-order valence-corrected chi connectivity index (χ1v) is 13.7. The fourth-order valence-electron chi connectivity index (χ4n) is 5.54. The van der Waals surface area contributed by atoms with E-state index in [-0.39, 0.29) is 17.1 Å². The number of hydrogen-bond donors (Lipinski definition) is 2. The lowest BCUT2D eigenvalue weighted by atomic mass is 9.69. The summed E-state index contributed by atoms with van der Waals surface area (Å²) in [5.74, 6) is -1.92. The van der Waals surface area contributed by atoms with E-state index < -0.39 is 23.5 Å². The van der Waals surface area contributed by atoms with Crippen LogP contribution in [0.2, 0.25) is 0 Å². The molecular formula is C32H45NO5. The van der Waals surface area contributed by atoms with Gasteiger partial charge in [0.05, 0.1) is 5.60 Å². The number of rotatable bonds is 12. The van der Waals surface area contributed by atoms with Crippen molar-refractivity contribution in [1.82, 2.24) is 4.90 Å². The number of carboxylic acids is 1. The maximum Gasteiger partial charge on any atom is 0.326 e. The number of likely N-dealkylation sites (N-methyl/N-ethyl adjacent to an activating group) is 1. The minimum atomic E-state index is -1.05. The first-order valence-electron chi connectivity index (χ1n) is 13.7. The second kappa shape index (κ2) is 12.2. The summed E-state index contributed by atoms with van der Waals surface area (Å²) in [5, 5.41) is 20.2. The molecule has 0 aromatic heterocycles. The Morgan fingerprint density at radius 2 is 1.26 bits per heavy atom. The molecule has 6 heteroatoms. The normalized spacial score (nSPS) is 13.6. The van der Waals surface area contributed by atoms with Gasteiger partial charge in [-0.2, -0.15) is 0 Å². The third-order valence-electron chi connectivity index (χ3n) is 8.94. The topological polar surface area (TPSA) is 94.9 Å². The highest BCUT2D eigenvalue weighted by atomic mass is 16.4. The number of carbonyl (C=O) groups is 3. The second-order valence-electron chi connectivity index (χ2n) is 10.7. The molecule has 0 aliphatic rings. The van der Waals surface area contributed by atoms with Gasteiger partial charge in [-0.3, -0.25) is 9.59 Å². The average Bonchev–Trinajstić information content (AvgIpc) is 2.91. The summed E-state index contributed by atoms with van der Waals surface area (Å²) in [6, 6.07) is 10.9. The number of benzene rings is 2. The number of ketones is 1. The number of hydrogen-bond acceptors (Lipinski definition) is 4. The molecule has 0 aliphatic heterocycles. The Balaban J connectivity index is 2.51. The van der Waals surface area contributed by atoms with E-state index in [4.69, 9.17) is 0 Å². The van der Waals surface area contributed by atoms with Gasteiger partial charge in [0.2, 0.25) is 0 Å². The van der Waals surface area contributed by atoms with Gasteiger partial charge in [0.15, 0.2) is 5.78 Å². The molecule has 2 aromatic carbocycles. The zero-order chi connectivity index (χ0) is 29.0. The SMILES string of the molecule is CCC(CC)(c1ccc(C(=O)C(C)C(O)(CC)CC)c(C)c1)c1ccc(C(=O)N(C)C(C)C(=O)O)c(C)c1. The molecule has 0 saturated carbocycles. The molecule has 2 aromatic rings. The van der Waals surface area contributed by atoms with E-state index in [0.717, 1.165) is 35.1 Å². The zero-order valence-corrected chi connectivity index (χ0v) is 24.5.